The maximum absolute atomic E-state index is 12.3. The van der Waals surface area contributed by atoms with Gasteiger partial charge in [-0.25, -0.2) is 4.39 Å². The van der Waals surface area contributed by atoms with Crippen LogP contribution in [0, 0.1) is 5.92 Å². The molecule has 0 saturated carbocycles. The van der Waals surface area contributed by atoms with E-state index in [-0.39, 0.29) is 5.92 Å². The van der Waals surface area contributed by atoms with E-state index >= 15 is 0 Å². The molecule has 1 heteroatoms. The number of hydrogen-bond donors (Lipinski definition) is 0. The van der Waals surface area contributed by atoms with Crippen molar-refractivity contribution < 1.29 is 4.39 Å². The highest BCUT2D eigenvalue weighted by atomic mass is 19.1. The van der Waals surface area contributed by atoms with Gasteiger partial charge in [-0.3, -0.25) is 0 Å². The van der Waals surface area contributed by atoms with E-state index in [9.17, 15) is 4.39 Å². The van der Waals surface area contributed by atoms with E-state index in [0.29, 0.717) is 0 Å². The molecule has 0 rings (SSSR count). The Bertz CT molecular complexity index is 50.3. The molecule has 0 N–H and O–H groups in total. The molecule has 0 saturated heterocycles. The highest BCUT2D eigenvalue weighted by Crippen LogP contribution is 2.11. The van der Waals surface area contributed by atoms with Gasteiger partial charge in [0.05, 0.1) is 6.17 Å². The summed E-state index contributed by atoms with van der Waals surface area (Å²) in [7, 11) is 0. The number of rotatable bonds is 3. The van der Waals surface area contributed by atoms with Gasteiger partial charge in [0, 0.05) is 0 Å². The molecule has 0 aromatic rings. The average Bonchev–Trinajstić information content (AvgIpc) is 1.67. The van der Waals surface area contributed by atoms with Crippen LogP contribution < -0.4 is 0 Å². The van der Waals surface area contributed by atoms with Gasteiger partial charge in [-0.15, -0.1) is 0 Å². The van der Waals surface area contributed by atoms with Gasteiger partial charge in [0.1, 0.15) is 0 Å². The van der Waals surface area contributed by atoms with Crippen LogP contribution >= 0.6 is 0 Å². The van der Waals surface area contributed by atoms with Crippen molar-refractivity contribution in [3.8, 4) is 0 Å². The first-order valence-electron chi connectivity index (χ1n) is 3.32. The Morgan fingerprint density at radius 2 is 1.88 bits per heavy atom. The monoisotopic (exact) mass is 118 g/mol. The SMILES string of the molecule is CCCC(C)C(C)F. The number of halogens is 1. The minimum Gasteiger partial charge on any atom is -0.248 e. The molecule has 0 heterocycles. The molecule has 50 valence electrons. The van der Waals surface area contributed by atoms with Gasteiger partial charge in [0.25, 0.3) is 0 Å². The summed E-state index contributed by atoms with van der Waals surface area (Å²) >= 11 is 0. The molecular weight excluding hydrogens is 103 g/mol. The first-order valence-corrected chi connectivity index (χ1v) is 3.32. The average molecular weight is 118 g/mol. The van der Waals surface area contributed by atoms with E-state index in [1.165, 1.54) is 0 Å². The maximum Gasteiger partial charge on any atom is 0.0998 e. The van der Waals surface area contributed by atoms with Crippen molar-refractivity contribution in [2.75, 3.05) is 0 Å². The standard InChI is InChI=1S/C7H15F/c1-4-5-6(2)7(3)8/h6-7H,4-5H2,1-3H3. The van der Waals surface area contributed by atoms with Crippen LogP contribution in [-0.2, 0) is 0 Å². The molecule has 0 fully saturated rings. The van der Waals surface area contributed by atoms with Gasteiger partial charge < -0.3 is 0 Å². The fraction of sp³-hybridized carbons (Fsp3) is 1.00. The molecule has 0 aromatic heterocycles. The van der Waals surface area contributed by atoms with Crippen molar-refractivity contribution in [2.45, 2.75) is 39.8 Å². The highest BCUT2D eigenvalue weighted by Gasteiger charge is 2.07. The lowest BCUT2D eigenvalue weighted by Crippen LogP contribution is -2.06. The fourth-order valence-electron chi connectivity index (χ4n) is 0.685. The smallest absolute Gasteiger partial charge is 0.0998 e. The molecule has 0 aliphatic rings. The van der Waals surface area contributed by atoms with Gasteiger partial charge in [0.15, 0.2) is 0 Å². The van der Waals surface area contributed by atoms with Gasteiger partial charge in [-0.05, 0) is 19.3 Å². The normalized spacial score (nSPS) is 18.0. The summed E-state index contributed by atoms with van der Waals surface area (Å²) in [6, 6.07) is 0. The molecule has 0 amide bonds. The minimum absolute atomic E-state index is 0.250. The van der Waals surface area contributed by atoms with Crippen molar-refractivity contribution in [1.29, 1.82) is 0 Å². The predicted molar refractivity (Wildman–Crippen MR) is 34.6 cm³/mol. The second-order valence-electron chi connectivity index (χ2n) is 2.44. The summed E-state index contributed by atoms with van der Waals surface area (Å²) < 4.78 is 12.3. The topological polar surface area (TPSA) is 0 Å². The molecule has 0 bridgehead atoms. The third kappa shape index (κ3) is 3.00. The lowest BCUT2D eigenvalue weighted by Gasteiger charge is -2.09. The zero-order valence-electron chi connectivity index (χ0n) is 5.95. The van der Waals surface area contributed by atoms with Crippen LogP contribution in [-0.4, -0.2) is 6.17 Å². The van der Waals surface area contributed by atoms with Crippen molar-refractivity contribution in [1.82, 2.24) is 0 Å². The van der Waals surface area contributed by atoms with Crippen LogP contribution in [0.1, 0.15) is 33.6 Å². The molecule has 0 spiro atoms. The van der Waals surface area contributed by atoms with Crippen molar-refractivity contribution in [3.05, 3.63) is 0 Å². The second-order valence-corrected chi connectivity index (χ2v) is 2.44. The lowest BCUT2D eigenvalue weighted by atomic mass is 10.0. The summed E-state index contributed by atoms with van der Waals surface area (Å²) in [5, 5.41) is 0. The highest BCUT2D eigenvalue weighted by molar-refractivity contribution is 4.57. The fourth-order valence-corrected chi connectivity index (χ4v) is 0.685. The van der Waals surface area contributed by atoms with Crippen molar-refractivity contribution in [3.63, 3.8) is 0 Å². The number of hydrogen-bond acceptors (Lipinski definition) is 0. The third-order valence-electron chi connectivity index (χ3n) is 1.53. The van der Waals surface area contributed by atoms with Crippen LogP contribution in [0.2, 0.25) is 0 Å². The lowest BCUT2D eigenvalue weighted by molar-refractivity contribution is 0.252. The van der Waals surface area contributed by atoms with E-state index < -0.39 is 6.17 Å². The largest absolute Gasteiger partial charge is 0.248 e. The Hall–Kier alpha value is -0.0700. The zero-order chi connectivity index (χ0) is 6.57. The first kappa shape index (κ1) is 7.93. The van der Waals surface area contributed by atoms with Crippen LogP contribution in [0.3, 0.4) is 0 Å². The van der Waals surface area contributed by atoms with Gasteiger partial charge >= 0.3 is 0 Å². The van der Waals surface area contributed by atoms with Gasteiger partial charge in [-0.1, -0.05) is 20.3 Å². The zero-order valence-corrected chi connectivity index (χ0v) is 5.95. The predicted octanol–water partition coefficient (Wildman–Crippen LogP) is 2.78. The van der Waals surface area contributed by atoms with E-state index in [0.717, 1.165) is 12.8 Å². The maximum atomic E-state index is 12.3. The Morgan fingerprint density at radius 3 is 2.00 bits per heavy atom. The van der Waals surface area contributed by atoms with Crippen molar-refractivity contribution >= 4 is 0 Å². The molecule has 2 atom stereocenters. The minimum atomic E-state index is -0.630. The Morgan fingerprint density at radius 1 is 1.38 bits per heavy atom. The van der Waals surface area contributed by atoms with E-state index in [4.69, 9.17) is 0 Å². The summed E-state index contributed by atoms with van der Waals surface area (Å²) in [6.45, 7) is 5.66. The summed E-state index contributed by atoms with van der Waals surface area (Å²) in [5.74, 6) is 0.250. The summed E-state index contributed by atoms with van der Waals surface area (Å²) in [4.78, 5) is 0. The number of alkyl halides is 1. The van der Waals surface area contributed by atoms with Crippen molar-refractivity contribution in [2.24, 2.45) is 5.92 Å². The van der Waals surface area contributed by atoms with Crippen LogP contribution in [0.25, 0.3) is 0 Å². The van der Waals surface area contributed by atoms with Gasteiger partial charge in [0.2, 0.25) is 0 Å². The molecule has 2 unspecified atom stereocenters. The Labute approximate surface area is 51.1 Å². The first-order chi connectivity index (χ1) is 3.68. The molecule has 0 aliphatic heterocycles. The quantitative estimate of drug-likeness (QED) is 0.534. The van der Waals surface area contributed by atoms with Crippen LogP contribution in [0.5, 0.6) is 0 Å². The molecule has 0 radical (unpaired) electrons. The third-order valence-corrected chi connectivity index (χ3v) is 1.53. The molecule has 0 nitrogen and oxygen atoms in total. The van der Waals surface area contributed by atoms with Crippen LogP contribution in [0.4, 0.5) is 4.39 Å². The second kappa shape index (κ2) is 3.88. The Kier molecular flexibility index (Phi) is 3.84. The van der Waals surface area contributed by atoms with Gasteiger partial charge in [-0.2, -0.15) is 0 Å². The van der Waals surface area contributed by atoms with E-state index in [1.54, 1.807) is 6.92 Å². The van der Waals surface area contributed by atoms with E-state index in [2.05, 4.69) is 6.92 Å². The van der Waals surface area contributed by atoms with E-state index in [1.807, 2.05) is 6.92 Å². The molecule has 0 aromatic carbocycles. The molecule has 0 aliphatic carbocycles. The summed E-state index contributed by atoms with van der Waals surface area (Å²) in [6.07, 6.45) is 1.47. The van der Waals surface area contributed by atoms with Crippen LogP contribution in [0.15, 0.2) is 0 Å². The molecular formula is C7H15F. The molecule has 8 heavy (non-hydrogen) atoms. The Balaban J connectivity index is 3.17. The summed E-state index contributed by atoms with van der Waals surface area (Å²) in [5.41, 5.74) is 0.